The molecule has 1 N–H and O–H groups in total. The van der Waals surface area contributed by atoms with E-state index >= 15 is 0 Å². The van der Waals surface area contributed by atoms with E-state index in [1.807, 2.05) is 0 Å². The summed E-state index contributed by atoms with van der Waals surface area (Å²) in [6.07, 6.45) is 4.98. The van der Waals surface area contributed by atoms with Gasteiger partial charge in [0.05, 0.1) is 13.2 Å². The monoisotopic (exact) mass is 311 g/mol. The van der Waals surface area contributed by atoms with E-state index < -0.39 is 5.91 Å². The summed E-state index contributed by atoms with van der Waals surface area (Å²) in [6, 6.07) is 0.236. The summed E-state index contributed by atoms with van der Waals surface area (Å²) < 4.78 is 5.30. The molecule has 126 valence electrons. The van der Waals surface area contributed by atoms with Gasteiger partial charge in [-0.15, -0.1) is 0 Å². The lowest BCUT2D eigenvalue weighted by Crippen LogP contribution is -2.50. The van der Waals surface area contributed by atoms with Gasteiger partial charge in [0.15, 0.2) is 0 Å². The van der Waals surface area contributed by atoms with Crippen LogP contribution in [0.3, 0.4) is 0 Å². The van der Waals surface area contributed by atoms with Crippen LogP contribution in [0.2, 0.25) is 0 Å². The van der Waals surface area contributed by atoms with Crippen LogP contribution in [-0.4, -0.2) is 73.6 Å². The van der Waals surface area contributed by atoms with Crippen LogP contribution in [0.15, 0.2) is 0 Å². The van der Waals surface area contributed by atoms with Gasteiger partial charge in [0.25, 0.3) is 0 Å². The number of ether oxygens (including phenoxy) is 1. The van der Waals surface area contributed by atoms with Gasteiger partial charge in [-0.1, -0.05) is 6.92 Å². The number of hydrogen-bond acceptors (Lipinski definition) is 4. The van der Waals surface area contributed by atoms with E-state index in [1.54, 1.807) is 4.90 Å². The number of rotatable bonds is 5. The van der Waals surface area contributed by atoms with Gasteiger partial charge in [-0.05, 0) is 38.6 Å². The highest BCUT2D eigenvalue weighted by Gasteiger charge is 2.29. The number of amides is 2. The maximum Gasteiger partial charge on any atom is 0.312 e. The molecule has 2 saturated heterocycles. The van der Waals surface area contributed by atoms with Crippen molar-refractivity contribution in [1.29, 1.82) is 0 Å². The Morgan fingerprint density at radius 1 is 1.18 bits per heavy atom. The minimum absolute atomic E-state index is 0.236. The molecule has 2 heterocycles. The zero-order valence-corrected chi connectivity index (χ0v) is 13.7. The average Bonchev–Trinajstić information content (AvgIpc) is 2.58. The third kappa shape index (κ3) is 4.95. The molecule has 0 aromatic heterocycles. The predicted octanol–water partition coefficient (Wildman–Crippen LogP) is 0.616. The van der Waals surface area contributed by atoms with Gasteiger partial charge in [0.1, 0.15) is 0 Å². The number of piperidine rings is 1. The van der Waals surface area contributed by atoms with Gasteiger partial charge in [0.2, 0.25) is 0 Å². The van der Waals surface area contributed by atoms with Crippen molar-refractivity contribution < 1.29 is 14.3 Å². The Morgan fingerprint density at radius 3 is 2.68 bits per heavy atom. The molecule has 22 heavy (non-hydrogen) atoms. The van der Waals surface area contributed by atoms with Crippen LogP contribution in [0.25, 0.3) is 0 Å². The molecule has 0 aromatic rings. The van der Waals surface area contributed by atoms with Crippen LogP contribution in [0.1, 0.15) is 39.0 Å². The fraction of sp³-hybridized carbons (Fsp3) is 0.875. The summed E-state index contributed by atoms with van der Waals surface area (Å²) in [5, 5.41) is 2.78. The van der Waals surface area contributed by atoms with Crippen molar-refractivity contribution in [2.75, 3.05) is 45.9 Å². The molecule has 2 amide bonds. The first-order chi connectivity index (χ1) is 10.7. The first-order valence-corrected chi connectivity index (χ1v) is 8.61. The standard InChI is InChI=1S/C16H29N3O3/c1-2-14-6-3-4-9-19(14)16(21)15(20)17-7-5-8-18-10-12-22-13-11-18/h14H,2-13H2,1H3,(H,17,20). The van der Waals surface area contributed by atoms with E-state index in [0.29, 0.717) is 6.54 Å². The normalized spacial score (nSPS) is 23.3. The zero-order valence-electron chi connectivity index (χ0n) is 13.7. The van der Waals surface area contributed by atoms with Crippen molar-refractivity contribution in [1.82, 2.24) is 15.1 Å². The van der Waals surface area contributed by atoms with Crippen LogP contribution in [0.5, 0.6) is 0 Å². The number of hydrogen-bond donors (Lipinski definition) is 1. The number of likely N-dealkylation sites (tertiary alicyclic amines) is 1. The molecule has 0 saturated carbocycles. The lowest BCUT2D eigenvalue weighted by molar-refractivity contribution is -0.148. The quantitative estimate of drug-likeness (QED) is 0.597. The van der Waals surface area contributed by atoms with Crippen molar-refractivity contribution in [3.05, 3.63) is 0 Å². The van der Waals surface area contributed by atoms with Gasteiger partial charge in [-0.25, -0.2) is 0 Å². The van der Waals surface area contributed by atoms with E-state index in [9.17, 15) is 9.59 Å². The van der Waals surface area contributed by atoms with Crippen LogP contribution in [0, 0.1) is 0 Å². The van der Waals surface area contributed by atoms with Crippen molar-refractivity contribution in [2.45, 2.75) is 45.1 Å². The van der Waals surface area contributed by atoms with Gasteiger partial charge in [-0.3, -0.25) is 14.5 Å². The Kier molecular flexibility index (Phi) is 7.12. The highest BCUT2D eigenvalue weighted by atomic mass is 16.5. The molecule has 0 bridgehead atoms. The summed E-state index contributed by atoms with van der Waals surface area (Å²) in [5.74, 6) is -0.791. The molecular formula is C16H29N3O3. The van der Waals surface area contributed by atoms with Crippen molar-refractivity contribution in [2.24, 2.45) is 0 Å². The Labute approximate surface area is 133 Å². The maximum atomic E-state index is 12.3. The first kappa shape index (κ1) is 17.2. The molecule has 2 rings (SSSR count). The van der Waals surface area contributed by atoms with Crippen LogP contribution in [0.4, 0.5) is 0 Å². The zero-order chi connectivity index (χ0) is 15.8. The van der Waals surface area contributed by atoms with Crippen LogP contribution < -0.4 is 5.32 Å². The fourth-order valence-corrected chi connectivity index (χ4v) is 3.23. The van der Waals surface area contributed by atoms with Crippen molar-refractivity contribution >= 4 is 11.8 Å². The molecule has 2 fully saturated rings. The number of nitrogens with zero attached hydrogens (tertiary/aromatic N) is 2. The molecular weight excluding hydrogens is 282 g/mol. The molecule has 0 aliphatic carbocycles. The highest BCUT2D eigenvalue weighted by Crippen LogP contribution is 2.19. The molecule has 0 spiro atoms. The number of carbonyl (C=O) groups is 2. The van der Waals surface area contributed by atoms with E-state index in [2.05, 4.69) is 17.1 Å². The Hall–Kier alpha value is -1.14. The van der Waals surface area contributed by atoms with E-state index in [1.165, 1.54) is 0 Å². The summed E-state index contributed by atoms with van der Waals surface area (Å²) in [7, 11) is 0. The number of carbonyl (C=O) groups excluding carboxylic acids is 2. The van der Waals surface area contributed by atoms with E-state index in [0.717, 1.165) is 71.5 Å². The smallest absolute Gasteiger partial charge is 0.312 e. The van der Waals surface area contributed by atoms with Crippen molar-refractivity contribution in [3.8, 4) is 0 Å². The number of nitrogens with one attached hydrogen (secondary N) is 1. The average molecular weight is 311 g/mol. The SMILES string of the molecule is CCC1CCCCN1C(=O)C(=O)NCCCN1CCOCC1. The first-order valence-electron chi connectivity index (χ1n) is 8.61. The summed E-state index contributed by atoms with van der Waals surface area (Å²) in [4.78, 5) is 28.4. The molecule has 2 aliphatic rings. The van der Waals surface area contributed by atoms with E-state index in [4.69, 9.17) is 4.74 Å². The highest BCUT2D eigenvalue weighted by molar-refractivity contribution is 6.35. The largest absolute Gasteiger partial charge is 0.379 e. The Bertz CT molecular complexity index is 370. The molecule has 2 aliphatic heterocycles. The molecule has 6 heteroatoms. The lowest BCUT2D eigenvalue weighted by Gasteiger charge is -2.34. The summed E-state index contributed by atoms with van der Waals surface area (Å²) in [5.41, 5.74) is 0. The van der Waals surface area contributed by atoms with E-state index in [-0.39, 0.29) is 11.9 Å². The molecule has 0 radical (unpaired) electrons. The Balaban J connectivity index is 1.66. The summed E-state index contributed by atoms with van der Waals surface area (Å²) in [6.45, 7) is 7.80. The molecule has 1 atom stereocenters. The molecule has 1 unspecified atom stereocenters. The van der Waals surface area contributed by atoms with Crippen LogP contribution >= 0.6 is 0 Å². The Morgan fingerprint density at radius 2 is 1.95 bits per heavy atom. The second-order valence-corrected chi connectivity index (χ2v) is 6.12. The van der Waals surface area contributed by atoms with Gasteiger partial charge >= 0.3 is 11.8 Å². The minimum atomic E-state index is -0.442. The molecule has 0 aromatic carbocycles. The minimum Gasteiger partial charge on any atom is -0.379 e. The third-order valence-corrected chi connectivity index (χ3v) is 4.59. The van der Waals surface area contributed by atoms with Crippen LogP contribution in [-0.2, 0) is 14.3 Å². The van der Waals surface area contributed by atoms with Gasteiger partial charge < -0.3 is 15.0 Å². The lowest BCUT2D eigenvalue weighted by atomic mass is 10.00. The second-order valence-electron chi connectivity index (χ2n) is 6.12. The maximum absolute atomic E-state index is 12.3. The molecule has 6 nitrogen and oxygen atoms in total. The summed E-state index contributed by atoms with van der Waals surface area (Å²) >= 11 is 0. The van der Waals surface area contributed by atoms with Crippen molar-refractivity contribution in [3.63, 3.8) is 0 Å². The van der Waals surface area contributed by atoms with Gasteiger partial charge in [0, 0.05) is 32.2 Å². The number of morpholine rings is 1. The topological polar surface area (TPSA) is 61.9 Å². The fourth-order valence-electron chi connectivity index (χ4n) is 3.23. The predicted molar refractivity (Wildman–Crippen MR) is 84.5 cm³/mol. The van der Waals surface area contributed by atoms with Gasteiger partial charge in [-0.2, -0.15) is 0 Å². The second kappa shape index (κ2) is 9.10. The third-order valence-electron chi connectivity index (χ3n) is 4.59.